The zero-order chi connectivity index (χ0) is 17.2. The first-order valence-electron chi connectivity index (χ1n) is 6.99. The Hall–Kier alpha value is -2.38. The Morgan fingerprint density at radius 2 is 2.09 bits per heavy atom. The van der Waals surface area contributed by atoms with Gasteiger partial charge in [-0.1, -0.05) is 6.07 Å². The van der Waals surface area contributed by atoms with Gasteiger partial charge in [-0.25, -0.2) is 4.98 Å². The fourth-order valence-electron chi connectivity index (χ4n) is 2.31. The highest BCUT2D eigenvalue weighted by Gasteiger charge is 2.32. The van der Waals surface area contributed by atoms with E-state index >= 15 is 0 Å². The van der Waals surface area contributed by atoms with E-state index in [2.05, 4.69) is 15.4 Å². The topological polar surface area (TPSA) is 59.8 Å². The summed E-state index contributed by atoms with van der Waals surface area (Å²) in [4.78, 5) is 15.5. The van der Waals surface area contributed by atoms with Gasteiger partial charge < -0.3 is 5.32 Å². The minimum atomic E-state index is -4.52. The number of halogens is 3. The van der Waals surface area contributed by atoms with Crippen molar-refractivity contribution in [2.24, 2.45) is 7.05 Å². The lowest BCUT2D eigenvalue weighted by molar-refractivity contribution is -0.141. The number of carbonyl (C=O) groups excluding carboxylic acids is 1. The van der Waals surface area contributed by atoms with E-state index < -0.39 is 17.8 Å². The number of nitrogens with one attached hydrogen (secondary N) is 1. The van der Waals surface area contributed by atoms with Crippen molar-refractivity contribution in [3.05, 3.63) is 47.0 Å². The molecule has 2 aromatic rings. The molecule has 0 spiro atoms. The van der Waals surface area contributed by atoms with Crippen molar-refractivity contribution in [3.63, 3.8) is 0 Å². The molecule has 124 valence electrons. The third-order valence-corrected chi connectivity index (χ3v) is 3.33. The van der Waals surface area contributed by atoms with Crippen molar-refractivity contribution in [1.29, 1.82) is 0 Å². The number of aryl methyl sites for hydroxylation is 2. The van der Waals surface area contributed by atoms with E-state index in [4.69, 9.17) is 0 Å². The fourth-order valence-corrected chi connectivity index (χ4v) is 2.31. The van der Waals surface area contributed by atoms with E-state index in [1.54, 1.807) is 24.9 Å². The molecule has 23 heavy (non-hydrogen) atoms. The van der Waals surface area contributed by atoms with Crippen molar-refractivity contribution in [1.82, 2.24) is 20.1 Å². The second-order valence-corrected chi connectivity index (χ2v) is 5.32. The molecule has 0 aliphatic heterocycles. The summed E-state index contributed by atoms with van der Waals surface area (Å²) >= 11 is 0. The minimum Gasteiger partial charge on any atom is -0.349 e. The zero-order valence-electron chi connectivity index (χ0n) is 13.0. The zero-order valence-corrected chi connectivity index (χ0v) is 13.0. The van der Waals surface area contributed by atoms with Gasteiger partial charge in [0.25, 0.3) is 0 Å². The number of hydrogen-bond acceptors (Lipinski definition) is 3. The Kier molecular flexibility index (Phi) is 4.72. The molecule has 1 atom stereocenters. The van der Waals surface area contributed by atoms with E-state index in [0.717, 1.165) is 17.3 Å². The molecule has 0 saturated carbocycles. The average molecular weight is 326 g/mol. The van der Waals surface area contributed by atoms with Gasteiger partial charge in [0.1, 0.15) is 5.69 Å². The third-order valence-electron chi connectivity index (χ3n) is 3.33. The van der Waals surface area contributed by atoms with Crippen LogP contribution >= 0.6 is 0 Å². The molecule has 5 nitrogen and oxygen atoms in total. The van der Waals surface area contributed by atoms with Crippen LogP contribution in [0.1, 0.15) is 35.6 Å². The molecule has 0 aromatic carbocycles. The summed E-state index contributed by atoms with van der Waals surface area (Å²) in [7, 11) is 1.78. The molecule has 2 rings (SSSR count). The van der Waals surface area contributed by atoms with Crippen LogP contribution in [0.15, 0.2) is 24.4 Å². The molecule has 2 aromatic heterocycles. The number of alkyl halides is 3. The summed E-state index contributed by atoms with van der Waals surface area (Å²) in [6, 6.07) is 3.23. The molecule has 2 heterocycles. The highest BCUT2D eigenvalue weighted by Crippen LogP contribution is 2.27. The Bertz CT molecular complexity index is 709. The molecule has 0 fully saturated rings. The summed E-state index contributed by atoms with van der Waals surface area (Å²) < 4.78 is 39.5. The summed E-state index contributed by atoms with van der Waals surface area (Å²) in [5, 5.41) is 6.93. The van der Waals surface area contributed by atoms with E-state index in [1.807, 2.05) is 6.92 Å². The lowest BCUT2D eigenvalue weighted by Crippen LogP contribution is -2.28. The van der Waals surface area contributed by atoms with Crippen molar-refractivity contribution >= 4 is 5.91 Å². The number of nitrogens with zero attached hydrogens (tertiary/aromatic N) is 3. The average Bonchev–Trinajstić information content (AvgIpc) is 2.77. The summed E-state index contributed by atoms with van der Waals surface area (Å²) in [6.07, 6.45) is -2.94. The molecule has 0 aliphatic rings. The first kappa shape index (κ1) is 17.0. The van der Waals surface area contributed by atoms with Gasteiger partial charge in [-0.05, 0) is 26.0 Å². The molecule has 1 unspecified atom stereocenters. The number of pyridine rings is 1. The Morgan fingerprint density at radius 3 is 2.65 bits per heavy atom. The summed E-state index contributed by atoms with van der Waals surface area (Å²) in [5.41, 5.74) is 0.724. The molecule has 0 saturated heterocycles. The smallest absolute Gasteiger partial charge is 0.349 e. The Morgan fingerprint density at radius 1 is 1.39 bits per heavy atom. The quantitative estimate of drug-likeness (QED) is 0.939. The number of carbonyl (C=O) groups is 1. The van der Waals surface area contributed by atoms with Crippen LogP contribution < -0.4 is 5.32 Å². The first-order valence-corrected chi connectivity index (χ1v) is 6.99. The van der Waals surface area contributed by atoms with Crippen molar-refractivity contribution in [3.8, 4) is 0 Å². The standard InChI is InChI=1S/C15H17F3N4O/c1-9(12-8-22(3)21-10(12)2)19-14(23)7-11-5-4-6-13(20-11)15(16,17)18/h4-6,8-9H,7H2,1-3H3,(H,19,23). The van der Waals surface area contributed by atoms with E-state index in [9.17, 15) is 18.0 Å². The number of amides is 1. The SMILES string of the molecule is Cc1nn(C)cc1C(C)NC(=O)Cc1cccc(C(F)(F)F)n1. The normalized spacial score (nSPS) is 13.0. The molecule has 8 heteroatoms. The van der Waals surface area contributed by atoms with Crippen LogP contribution in [0.3, 0.4) is 0 Å². The molecular weight excluding hydrogens is 309 g/mol. The van der Waals surface area contributed by atoms with E-state index in [-0.39, 0.29) is 18.2 Å². The van der Waals surface area contributed by atoms with Gasteiger partial charge in [0.2, 0.25) is 5.91 Å². The van der Waals surface area contributed by atoms with Gasteiger partial charge in [0.05, 0.1) is 23.9 Å². The van der Waals surface area contributed by atoms with Crippen molar-refractivity contribution < 1.29 is 18.0 Å². The lowest BCUT2D eigenvalue weighted by Gasteiger charge is -2.13. The van der Waals surface area contributed by atoms with Crippen LogP contribution in [0, 0.1) is 6.92 Å². The van der Waals surface area contributed by atoms with Gasteiger partial charge in [-0.3, -0.25) is 9.48 Å². The van der Waals surface area contributed by atoms with Crippen LogP contribution in [-0.4, -0.2) is 20.7 Å². The number of aromatic nitrogens is 3. The van der Waals surface area contributed by atoms with Crippen LogP contribution in [0.4, 0.5) is 13.2 Å². The fraction of sp³-hybridized carbons (Fsp3) is 0.400. The monoisotopic (exact) mass is 326 g/mol. The van der Waals surface area contributed by atoms with Gasteiger partial charge in [-0.15, -0.1) is 0 Å². The largest absolute Gasteiger partial charge is 0.433 e. The second kappa shape index (κ2) is 6.39. The first-order chi connectivity index (χ1) is 10.7. The Labute approximate surface area is 131 Å². The van der Waals surface area contributed by atoms with Crippen molar-refractivity contribution in [2.45, 2.75) is 32.5 Å². The molecule has 1 N–H and O–H groups in total. The predicted molar refractivity (Wildman–Crippen MR) is 77.4 cm³/mol. The van der Waals surface area contributed by atoms with E-state index in [1.165, 1.54) is 12.1 Å². The van der Waals surface area contributed by atoms with Crippen LogP contribution in [-0.2, 0) is 24.4 Å². The summed E-state index contributed by atoms with van der Waals surface area (Å²) in [6.45, 7) is 3.62. The van der Waals surface area contributed by atoms with Crippen LogP contribution in [0.25, 0.3) is 0 Å². The maximum atomic E-state index is 12.6. The molecule has 0 bridgehead atoms. The van der Waals surface area contributed by atoms with Crippen LogP contribution in [0.5, 0.6) is 0 Å². The maximum Gasteiger partial charge on any atom is 0.433 e. The molecule has 0 aliphatic carbocycles. The predicted octanol–water partition coefficient (Wildman–Crippen LogP) is 2.56. The van der Waals surface area contributed by atoms with Gasteiger partial charge in [0.15, 0.2) is 0 Å². The van der Waals surface area contributed by atoms with Crippen LogP contribution in [0.2, 0.25) is 0 Å². The molecular formula is C15H17F3N4O. The van der Waals surface area contributed by atoms with Gasteiger partial charge in [0, 0.05) is 18.8 Å². The second-order valence-electron chi connectivity index (χ2n) is 5.32. The van der Waals surface area contributed by atoms with E-state index in [0.29, 0.717) is 0 Å². The van der Waals surface area contributed by atoms with Gasteiger partial charge >= 0.3 is 6.18 Å². The number of rotatable bonds is 4. The maximum absolute atomic E-state index is 12.6. The Balaban J connectivity index is 2.04. The van der Waals surface area contributed by atoms with Crippen molar-refractivity contribution in [2.75, 3.05) is 0 Å². The highest BCUT2D eigenvalue weighted by atomic mass is 19.4. The lowest BCUT2D eigenvalue weighted by atomic mass is 10.1. The number of hydrogen-bond donors (Lipinski definition) is 1. The molecule has 1 amide bonds. The minimum absolute atomic E-state index is 0.0763. The third kappa shape index (κ3) is 4.30. The van der Waals surface area contributed by atoms with Gasteiger partial charge in [-0.2, -0.15) is 18.3 Å². The molecule has 0 radical (unpaired) electrons. The summed E-state index contributed by atoms with van der Waals surface area (Å²) in [5.74, 6) is -0.396. The highest BCUT2D eigenvalue weighted by molar-refractivity contribution is 5.78.